The number of unbranched alkanes of at least 4 members (excludes halogenated alkanes) is 1. The van der Waals surface area contributed by atoms with Crippen molar-refractivity contribution >= 4 is 22.7 Å². The molecular weight excluding hydrogens is 478 g/mol. The molecule has 0 bridgehead atoms. The summed E-state index contributed by atoms with van der Waals surface area (Å²) in [6.45, 7) is 4.70. The molecular formula is C31H37N3O4. The lowest BCUT2D eigenvalue weighted by Crippen LogP contribution is -2.62. The third-order valence-electron chi connectivity index (χ3n) is 7.66. The number of rotatable bonds is 4. The second-order valence-electron chi connectivity index (χ2n) is 10.3. The molecule has 1 atom stereocenters. The number of fused-ring (bicyclic) bond motifs is 2. The lowest BCUT2D eigenvalue weighted by Gasteiger charge is -2.44. The summed E-state index contributed by atoms with van der Waals surface area (Å²) < 4.78 is 12.5. The van der Waals surface area contributed by atoms with Crippen molar-refractivity contribution < 1.29 is 19.1 Å². The largest absolute Gasteiger partial charge is 0.491 e. The van der Waals surface area contributed by atoms with E-state index in [9.17, 15) is 9.59 Å². The number of nitrogens with zero attached hydrogens (tertiary/aromatic N) is 3. The lowest BCUT2D eigenvalue weighted by molar-refractivity contribution is -0.170. The minimum atomic E-state index is -1.06. The van der Waals surface area contributed by atoms with Gasteiger partial charge in [-0.05, 0) is 55.9 Å². The van der Waals surface area contributed by atoms with E-state index in [0.29, 0.717) is 50.3 Å². The summed E-state index contributed by atoms with van der Waals surface area (Å²) in [7, 11) is 0. The fraction of sp³-hybridized carbons (Fsp3) is 0.452. The smallest absolute Gasteiger partial charge is 0.256 e. The highest BCUT2D eigenvalue weighted by atomic mass is 16.5. The molecule has 0 saturated carbocycles. The summed E-state index contributed by atoms with van der Waals surface area (Å²) in [4.78, 5) is 36.2. The summed E-state index contributed by atoms with van der Waals surface area (Å²) in [5, 5.41) is 0.925. The van der Waals surface area contributed by atoms with Gasteiger partial charge in [0.2, 0.25) is 0 Å². The van der Waals surface area contributed by atoms with Gasteiger partial charge in [-0.25, -0.2) is 0 Å². The molecule has 1 unspecified atom stereocenters. The van der Waals surface area contributed by atoms with Gasteiger partial charge in [0.05, 0.1) is 30.8 Å². The first-order valence-electron chi connectivity index (χ1n) is 13.9. The second kappa shape index (κ2) is 11.9. The van der Waals surface area contributed by atoms with Crippen molar-refractivity contribution in [2.45, 2.75) is 51.0 Å². The van der Waals surface area contributed by atoms with Crippen LogP contribution in [0.25, 0.3) is 10.9 Å². The molecule has 2 amide bonds. The van der Waals surface area contributed by atoms with Gasteiger partial charge in [-0.3, -0.25) is 14.6 Å². The van der Waals surface area contributed by atoms with Gasteiger partial charge in [-0.2, -0.15) is 0 Å². The number of para-hydroxylation sites is 2. The van der Waals surface area contributed by atoms with Crippen LogP contribution in [0.5, 0.6) is 5.75 Å². The maximum atomic E-state index is 14.2. The molecule has 7 heteroatoms. The fourth-order valence-electron chi connectivity index (χ4n) is 5.59. The van der Waals surface area contributed by atoms with E-state index < -0.39 is 5.60 Å². The fourth-order valence-corrected chi connectivity index (χ4v) is 5.59. The van der Waals surface area contributed by atoms with E-state index in [1.165, 1.54) is 5.56 Å². The maximum Gasteiger partial charge on any atom is 0.256 e. The summed E-state index contributed by atoms with van der Waals surface area (Å²) in [5.41, 5.74) is 1.39. The predicted molar refractivity (Wildman–Crippen MR) is 147 cm³/mol. The summed E-state index contributed by atoms with van der Waals surface area (Å²) in [5.74, 6) is 0.769. The van der Waals surface area contributed by atoms with Crippen molar-refractivity contribution in [3.8, 4) is 5.75 Å². The SMILES string of the molecule is CCCCN1CCOc2ccccc2CCCCC2(CN(C(=O)c3cccc4cccnc34)CCO2)C1=O. The van der Waals surface area contributed by atoms with E-state index in [-0.39, 0.29) is 18.4 Å². The van der Waals surface area contributed by atoms with Crippen LogP contribution in [0.4, 0.5) is 0 Å². The van der Waals surface area contributed by atoms with Gasteiger partial charge in [0.1, 0.15) is 12.4 Å². The van der Waals surface area contributed by atoms with Gasteiger partial charge >= 0.3 is 0 Å². The minimum absolute atomic E-state index is 0.0306. The normalized spacial score (nSPS) is 20.9. The highest BCUT2D eigenvalue weighted by Gasteiger charge is 2.46. The third kappa shape index (κ3) is 5.53. The zero-order valence-electron chi connectivity index (χ0n) is 22.2. The molecule has 1 spiro atoms. The Morgan fingerprint density at radius 2 is 1.89 bits per heavy atom. The molecule has 7 nitrogen and oxygen atoms in total. The number of hydrogen-bond acceptors (Lipinski definition) is 5. The number of ether oxygens (including phenoxy) is 2. The minimum Gasteiger partial charge on any atom is -0.491 e. The number of aryl methyl sites for hydroxylation is 1. The van der Waals surface area contributed by atoms with Crippen molar-refractivity contribution in [1.82, 2.24) is 14.8 Å². The molecule has 5 rings (SSSR count). The topological polar surface area (TPSA) is 72.0 Å². The molecule has 1 aromatic heterocycles. The standard InChI is InChI=1S/C31H37N3O4/c1-2-3-18-33-19-21-37-27-15-5-4-10-24(27)11-6-7-16-31(30(33)36)23-34(20-22-38-31)29(35)26-14-8-12-25-13-9-17-32-28(25)26/h4-5,8-10,12-15,17H,2-3,6-7,11,16,18-23H2,1H3. The molecule has 2 aliphatic heterocycles. The van der Waals surface area contributed by atoms with E-state index in [1.807, 2.05) is 53.4 Å². The van der Waals surface area contributed by atoms with E-state index in [1.54, 1.807) is 11.1 Å². The molecule has 2 aliphatic rings. The van der Waals surface area contributed by atoms with Gasteiger partial charge in [-0.1, -0.05) is 49.7 Å². The van der Waals surface area contributed by atoms with Crippen LogP contribution in [0.1, 0.15) is 54.9 Å². The Hall–Kier alpha value is -3.45. The van der Waals surface area contributed by atoms with Gasteiger partial charge in [-0.15, -0.1) is 0 Å². The predicted octanol–water partition coefficient (Wildman–Crippen LogP) is 4.88. The molecule has 1 fully saturated rings. The van der Waals surface area contributed by atoms with Crippen LogP contribution >= 0.6 is 0 Å². The number of benzene rings is 2. The van der Waals surface area contributed by atoms with Gasteiger partial charge < -0.3 is 19.3 Å². The first kappa shape index (κ1) is 26.2. The Kier molecular flexibility index (Phi) is 8.23. The summed E-state index contributed by atoms with van der Waals surface area (Å²) >= 11 is 0. The van der Waals surface area contributed by atoms with Gasteiger partial charge in [0.15, 0.2) is 5.60 Å². The van der Waals surface area contributed by atoms with E-state index in [4.69, 9.17) is 9.47 Å². The van der Waals surface area contributed by atoms with Crippen LogP contribution in [-0.2, 0) is 16.0 Å². The quantitative estimate of drug-likeness (QED) is 0.495. The third-order valence-corrected chi connectivity index (χ3v) is 7.66. The summed E-state index contributed by atoms with van der Waals surface area (Å²) in [6.07, 6.45) is 6.79. The number of carbonyl (C=O) groups excluding carboxylic acids is 2. The van der Waals surface area contributed by atoms with E-state index >= 15 is 0 Å². The van der Waals surface area contributed by atoms with Crippen molar-refractivity contribution in [3.05, 3.63) is 71.9 Å². The first-order chi connectivity index (χ1) is 18.6. The zero-order chi connectivity index (χ0) is 26.4. The number of pyridine rings is 1. The monoisotopic (exact) mass is 515 g/mol. The molecule has 0 N–H and O–H groups in total. The Bertz CT molecular complexity index is 1270. The highest BCUT2D eigenvalue weighted by molar-refractivity contribution is 6.05. The molecule has 38 heavy (non-hydrogen) atoms. The average Bonchev–Trinajstić information content (AvgIpc) is 2.96. The Morgan fingerprint density at radius 1 is 1.03 bits per heavy atom. The number of carbonyl (C=O) groups is 2. The van der Waals surface area contributed by atoms with Crippen LogP contribution in [0.2, 0.25) is 0 Å². The molecule has 3 heterocycles. The van der Waals surface area contributed by atoms with Crippen molar-refractivity contribution in [3.63, 3.8) is 0 Å². The maximum absolute atomic E-state index is 14.2. The Labute approximate surface area is 224 Å². The number of hydrogen-bond donors (Lipinski definition) is 0. The number of morpholine rings is 1. The highest BCUT2D eigenvalue weighted by Crippen LogP contribution is 2.31. The molecule has 200 valence electrons. The lowest BCUT2D eigenvalue weighted by atomic mass is 9.90. The van der Waals surface area contributed by atoms with Crippen LogP contribution in [0, 0.1) is 0 Å². The van der Waals surface area contributed by atoms with Crippen LogP contribution in [0.15, 0.2) is 60.8 Å². The Morgan fingerprint density at radius 3 is 2.79 bits per heavy atom. The Balaban J connectivity index is 1.42. The molecule has 0 radical (unpaired) electrons. The summed E-state index contributed by atoms with van der Waals surface area (Å²) in [6, 6.07) is 17.7. The van der Waals surface area contributed by atoms with Crippen molar-refractivity contribution in [2.75, 3.05) is 39.4 Å². The number of aromatic nitrogens is 1. The van der Waals surface area contributed by atoms with E-state index in [2.05, 4.69) is 18.0 Å². The van der Waals surface area contributed by atoms with Crippen LogP contribution in [-0.4, -0.2) is 71.6 Å². The second-order valence-corrected chi connectivity index (χ2v) is 10.3. The molecule has 0 aliphatic carbocycles. The zero-order valence-corrected chi connectivity index (χ0v) is 22.2. The van der Waals surface area contributed by atoms with Gasteiger partial charge in [0.25, 0.3) is 11.8 Å². The molecule has 2 aromatic carbocycles. The van der Waals surface area contributed by atoms with E-state index in [0.717, 1.165) is 43.2 Å². The molecule has 3 aromatic rings. The first-order valence-corrected chi connectivity index (χ1v) is 13.9. The van der Waals surface area contributed by atoms with Crippen LogP contribution < -0.4 is 4.74 Å². The number of amides is 2. The average molecular weight is 516 g/mol. The van der Waals surface area contributed by atoms with Crippen molar-refractivity contribution in [1.29, 1.82) is 0 Å². The van der Waals surface area contributed by atoms with Crippen LogP contribution in [0.3, 0.4) is 0 Å². The van der Waals surface area contributed by atoms with Gasteiger partial charge in [0, 0.05) is 24.7 Å². The molecule has 1 saturated heterocycles. The van der Waals surface area contributed by atoms with Crippen molar-refractivity contribution in [2.24, 2.45) is 0 Å².